The zero-order chi connectivity index (χ0) is 9.57. The Bertz CT molecular complexity index is 135. The Morgan fingerprint density at radius 3 is 2.85 bits per heavy atom. The van der Waals surface area contributed by atoms with Crippen LogP contribution in [0.1, 0.15) is 32.6 Å². The van der Waals surface area contributed by atoms with Gasteiger partial charge >= 0.3 is 0 Å². The molecule has 13 heavy (non-hydrogen) atoms. The molecule has 0 aromatic carbocycles. The Morgan fingerprint density at radius 1 is 1.46 bits per heavy atom. The molecule has 1 heterocycles. The summed E-state index contributed by atoms with van der Waals surface area (Å²) in [4.78, 5) is 0. The lowest BCUT2D eigenvalue weighted by Gasteiger charge is -2.25. The third-order valence-corrected chi connectivity index (χ3v) is 4.29. The average molecular weight is 203 g/mol. The lowest BCUT2D eigenvalue weighted by Crippen LogP contribution is -2.33. The van der Waals surface area contributed by atoms with Crippen molar-refractivity contribution in [2.45, 2.75) is 37.4 Å². The van der Waals surface area contributed by atoms with Gasteiger partial charge in [0.25, 0.3) is 0 Å². The van der Waals surface area contributed by atoms with Crippen molar-refractivity contribution < 1.29 is 4.74 Å². The molecule has 0 bridgehead atoms. The molecule has 1 aliphatic heterocycles. The Hall–Kier alpha value is 0.270. The summed E-state index contributed by atoms with van der Waals surface area (Å²) in [5.41, 5.74) is 5.81. The van der Waals surface area contributed by atoms with Crippen LogP contribution in [0.3, 0.4) is 0 Å². The van der Waals surface area contributed by atoms with Crippen molar-refractivity contribution in [1.82, 2.24) is 0 Å². The van der Waals surface area contributed by atoms with Crippen LogP contribution in [0.25, 0.3) is 0 Å². The van der Waals surface area contributed by atoms with Crippen molar-refractivity contribution in [3.05, 3.63) is 0 Å². The highest BCUT2D eigenvalue weighted by molar-refractivity contribution is 8.00. The second kappa shape index (κ2) is 5.89. The minimum Gasteiger partial charge on any atom is -0.381 e. The maximum Gasteiger partial charge on any atom is 0.0479 e. The van der Waals surface area contributed by atoms with Crippen LogP contribution in [0.4, 0.5) is 0 Å². The van der Waals surface area contributed by atoms with E-state index in [1.807, 2.05) is 11.8 Å². The number of ether oxygens (including phenoxy) is 1. The average Bonchev–Trinajstić information content (AvgIpc) is 2.62. The van der Waals surface area contributed by atoms with Gasteiger partial charge in [-0.1, -0.05) is 6.92 Å². The monoisotopic (exact) mass is 203 g/mol. The van der Waals surface area contributed by atoms with Crippen LogP contribution in [-0.2, 0) is 4.74 Å². The summed E-state index contributed by atoms with van der Waals surface area (Å²) in [5.74, 6) is 1.28. The quantitative estimate of drug-likeness (QED) is 0.671. The van der Waals surface area contributed by atoms with Crippen molar-refractivity contribution in [2.24, 2.45) is 5.73 Å². The van der Waals surface area contributed by atoms with Gasteiger partial charge in [0.15, 0.2) is 0 Å². The second-order valence-corrected chi connectivity index (χ2v) is 5.26. The summed E-state index contributed by atoms with van der Waals surface area (Å²) >= 11 is 2.04. The summed E-state index contributed by atoms with van der Waals surface area (Å²) in [5, 5.41) is 0. The number of hydrogen-bond donors (Lipinski definition) is 1. The van der Waals surface area contributed by atoms with Crippen LogP contribution in [0.2, 0.25) is 0 Å². The summed E-state index contributed by atoms with van der Waals surface area (Å²) < 4.78 is 5.86. The van der Waals surface area contributed by atoms with E-state index in [1.54, 1.807) is 0 Å². The highest BCUT2D eigenvalue weighted by atomic mass is 32.2. The van der Waals surface area contributed by atoms with Gasteiger partial charge in [-0.3, -0.25) is 0 Å². The molecule has 0 aliphatic carbocycles. The predicted octanol–water partition coefficient (Wildman–Crippen LogP) is 2.03. The fraction of sp³-hybridized carbons (Fsp3) is 1.00. The van der Waals surface area contributed by atoms with Crippen LogP contribution in [0.15, 0.2) is 0 Å². The Balaban J connectivity index is 2.16. The van der Waals surface area contributed by atoms with E-state index < -0.39 is 0 Å². The molecular formula is C10H21NOS. The van der Waals surface area contributed by atoms with E-state index in [0.717, 1.165) is 32.6 Å². The molecule has 2 nitrogen and oxygen atoms in total. The zero-order valence-electron chi connectivity index (χ0n) is 8.55. The smallest absolute Gasteiger partial charge is 0.0479 e. The Kier molecular flexibility index (Phi) is 5.14. The minimum absolute atomic E-state index is 0.355. The van der Waals surface area contributed by atoms with Gasteiger partial charge in [0, 0.05) is 24.5 Å². The fourth-order valence-electron chi connectivity index (χ4n) is 1.72. The number of hydrogen-bond acceptors (Lipinski definition) is 3. The van der Waals surface area contributed by atoms with Crippen LogP contribution in [0.5, 0.6) is 0 Å². The molecule has 0 aromatic rings. The molecule has 1 unspecified atom stereocenters. The van der Waals surface area contributed by atoms with Crippen LogP contribution >= 0.6 is 11.8 Å². The van der Waals surface area contributed by atoms with Gasteiger partial charge in [-0.05, 0) is 31.4 Å². The van der Waals surface area contributed by atoms with Crippen LogP contribution in [-0.4, -0.2) is 30.3 Å². The van der Waals surface area contributed by atoms with E-state index in [1.165, 1.54) is 18.6 Å². The van der Waals surface area contributed by atoms with Gasteiger partial charge in [-0.2, -0.15) is 11.8 Å². The van der Waals surface area contributed by atoms with Crippen molar-refractivity contribution in [3.8, 4) is 0 Å². The molecule has 1 atom stereocenters. The number of nitrogens with two attached hydrogens (primary N) is 1. The third-order valence-electron chi connectivity index (χ3n) is 2.61. The largest absolute Gasteiger partial charge is 0.381 e. The first-order valence-corrected chi connectivity index (χ1v) is 6.23. The second-order valence-electron chi connectivity index (χ2n) is 3.70. The van der Waals surface area contributed by atoms with E-state index >= 15 is 0 Å². The van der Waals surface area contributed by atoms with Gasteiger partial charge in [0.05, 0.1) is 0 Å². The Labute approximate surface area is 85.6 Å². The lowest BCUT2D eigenvalue weighted by molar-refractivity contribution is 0.125. The molecule has 1 saturated heterocycles. The summed E-state index contributed by atoms with van der Waals surface area (Å²) in [7, 11) is 0. The van der Waals surface area contributed by atoms with Crippen LogP contribution < -0.4 is 5.73 Å². The molecule has 0 radical (unpaired) electrons. The molecular weight excluding hydrogens is 182 g/mol. The molecule has 2 N–H and O–H groups in total. The van der Waals surface area contributed by atoms with Gasteiger partial charge in [0.2, 0.25) is 0 Å². The summed E-state index contributed by atoms with van der Waals surface area (Å²) in [6, 6.07) is 0. The number of rotatable bonds is 6. The third kappa shape index (κ3) is 3.49. The maximum absolute atomic E-state index is 5.81. The van der Waals surface area contributed by atoms with Crippen molar-refractivity contribution in [2.75, 3.05) is 25.5 Å². The fourth-order valence-corrected chi connectivity index (χ4v) is 3.08. The van der Waals surface area contributed by atoms with E-state index in [0.29, 0.717) is 4.75 Å². The maximum atomic E-state index is 5.81. The van der Waals surface area contributed by atoms with Crippen LogP contribution in [0, 0.1) is 0 Å². The molecule has 1 aliphatic rings. The normalized spacial score (nSPS) is 28.2. The molecule has 1 rings (SSSR count). The van der Waals surface area contributed by atoms with E-state index in [9.17, 15) is 0 Å². The van der Waals surface area contributed by atoms with Gasteiger partial charge in [-0.15, -0.1) is 0 Å². The standard InChI is InChI=1S/C10H21NOS/c1-2-6-12-7-5-10(9-11)4-3-8-13-10/h2-9,11H2,1H3. The Morgan fingerprint density at radius 2 is 2.31 bits per heavy atom. The van der Waals surface area contributed by atoms with Crippen molar-refractivity contribution >= 4 is 11.8 Å². The first-order valence-electron chi connectivity index (χ1n) is 5.25. The van der Waals surface area contributed by atoms with Gasteiger partial charge in [-0.25, -0.2) is 0 Å². The van der Waals surface area contributed by atoms with Crippen molar-refractivity contribution in [3.63, 3.8) is 0 Å². The van der Waals surface area contributed by atoms with Gasteiger partial charge < -0.3 is 10.5 Å². The van der Waals surface area contributed by atoms with Crippen molar-refractivity contribution in [1.29, 1.82) is 0 Å². The van der Waals surface area contributed by atoms with E-state index in [4.69, 9.17) is 10.5 Å². The van der Waals surface area contributed by atoms with E-state index in [-0.39, 0.29) is 0 Å². The molecule has 0 aromatic heterocycles. The SMILES string of the molecule is CCCOCCC1(CN)CCCS1. The van der Waals surface area contributed by atoms with E-state index in [2.05, 4.69) is 6.92 Å². The zero-order valence-corrected chi connectivity index (χ0v) is 9.37. The summed E-state index contributed by atoms with van der Waals surface area (Å²) in [6.45, 7) is 4.74. The predicted molar refractivity (Wildman–Crippen MR) is 59.2 cm³/mol. The highest BCUT2D eigenvalue weighted by Gasteiger charge is 2.32. The molecule has 0 spiro atoms. The molecule has 3 heteroatoms. The molecule has 0 saturated carbocycles. The number of thioether (sulfide) groups is 1. The summed E-state index contributed by atoms with van der Waals surface area (Å²) in [6.07, 6.45) is 4.86. The first-order chi connectivity index (χ1) is 6.33. The molecule has 1 fully saturated rings. The first kappa shape index (κ1) is 11.3. The molecule has 0 amide bonds. The topological polar surface area (TPSA) is 35.2 Å². The minimum atomic E-state index is 0.355. The lowest BCUT2D eigenvalue weighted by atomic mass is 10.00. The van der Waals surface area contributed by atoms with Gasteiger partial charge in [0.1, 0.15) is 0 Å². The molecule has 78 valence electrons. The highest BCUT2D eigenvalue weighted by Crippen LogP contribution is 2.39.